The van der Waals surface area contributed by atoms with E-state index >= 15 is 0 Å². The monoisotopic (exact) mass is 391 g/mol. The molecular weight excluding hydrogens is 373 g/mol. The van der Waals surface area contributed by atoms with Gasteiger partial charge in [0.05, 0.1) is 18.1 Å². The van der Waals surface area contributed by atoms with Crippen molar-refractivity contribution in [1.82, 2.24) is 14.6 Å². The third-order valence-electron chi connectivity index (χ3n) is 5.24. The van der Waals surface area contributed by atoms with Gasteiger partial charge in [-0.25, -0.2) is 8.78 Å². The van der Waals surface area contributed by atoms with E-state index in [0.29, 0.717) is 25.7 Å². The predicted octanol–water partition coefficient (Wildman–Crippen LogP) is 4.21. The number of alkyl halides is 5. The van der Waals surface area contributed by atoms with Crippen LogP contribution in [-0.4, -0.2) is 39.8 Å². The van der Waals surface area contributed by atoms with Gasteiger partial charge in [0.25, 0.3) is 5.92 Å². The third kappa shape index (κ3) is 3.35. The van der Waals surface area contributed by atoms with Crippen LogP contribution in [0.1, 0.15) is 49.4 Å². The topological polar surface area (TPSA) is 48.7 Å². The lowest BCUT2D eigenvalue weighted by molar-refractivity contribution is -0.138. The van der Waals surface area contributed by atoms with E-state index in [4.69, 9.17) is 9.47 Å². The summed E-state index contributed by atoms with van der Waals surface area (Å²) in [5, 5.41) is 7.15. The molecule has 0 aromatic carbocycles. The Morgan fingerprint density at radius 1 is 1.11 bits per heavy atom. The SMILES string of the molecule is COC1CCC(Oc2ccn3c([C@@H]4CC4(F)F)nnc3c2C(F)(F)F)CC1. The normalized spacial score (nSPS) is 27.7. The molecule has 2 heterocycles. The quantitative estimate of drug-likeness (QED) is 0.733. The predicted molar refractivity (Wildman–Crippen MR) is 84.0 cm³/mol. The van der Waals surface area contributed by atoms with Crippen molar-refractivity contribution >= 4 is 5.65 Å². The number of nitrogens with zero attached hydrogens (tertiary/aromatic N) is 3. The molecule has 5 nitrogen and oxygen atoms in total. The maximum atomic E-state index is 13.7. The summed E-state index contributed by atoms with van der Waals surface area (Å²) in [4.78, 5) is 0. The zero-order valence-corrected chi connectivity index (χ0v) is 14.5. The van der Waals surface area contributed by atoms with Crippen molar-refractivity contribution in [2.45, 2.75) is 62.3 Å². The lowest BCUT2D eigenvalue weighted by atomic mass is 9.95. The molecule has 2 aromatic heterocycles. The Hall–Kier alpha value is -1.97. The summed E-state index contributed by atoms with van der Waals surface area (Å²) in [5.74, 6) is -4.66. The van der Waals surface area contributed by atoms with Crippen molar-refractivity contribution in [2.24, 2.45) is 0 Å². The molecule has 148 valence electrons. The number of methoxy groups -OCH3 is 1. The molecule has 0 amide bonds. The number of halogens is 5. The first-order valence-electron chi connectivity index (χ1n) is 8.73. The lowest BCUT2D eigenvalue weighted by Crippen LogP contribution is -2.28. The van der Waals surface area contributed by atoms with Crippen molar-refractivity contribution in [3.63, 3.8) is 0 Å². The van der Waals surface area contributed by atoms with Crippen molar-refractivity contribution in [3.8, 4) is 5.75 Å². The van der Waals surface area contributed by atoms with Gasteiger partial charge >= 0.3 is 6.18 Å². The first-order chi connectivity index (χ1) is 12.7. The van der Waals surface area contributed by atoms with E-state index in [2.05, 4.69) is 10.2 Å². The van der Waals surface area contributed by atoms with Crippen LogP contribution in [0, 0.1) is 0 Å². The zero-order chi connectivity index (χ0) is 19.4. The van der Waals surface area contributed by atoms with Crippen LogP contribution < -0.4 is 4.74 Å². The molecule has 2 saturated carbocycles. The van der Waals surface area contributed by atoms with Gasteiger partial charge in [0.2, 0.25) is 0 Å². The Bertz CT molecular complexity index is 843. The Morgan fingerprint density at radius 3 is 2.30 bits per heavy atom. The Labute approximate surface area is 151 Å². The molecule has 0 saturated heterocycles. The maximum absolute atomic E-state index is 13.7. The minimum Gasteiger partial charge on any atom is -0.490 e. The fourth-order valence-electron chi connectivity index (χ4n) is 3.62. The second kappa shape index (κ2) is 6.29. The molecule has 0 radical (unpaired) electrons. The summed E-state index contributed by atoms with van der Waals surface area (Å²) in [5.41, 5.74) is -1.59. The van der Waals surface area contributed by atoms with Gasteiger partial charge < -0.3 is 9.47 Å². The molecule has 2 fully saturated rings. The van der Waals surface area contributed by atoms with Gasteiger partial charge in [-0.1, -0.05) is 0 Å². The summed E-state index contributed by atoms with van der Waals surface area (Å²) in [6, 6.07) is 1.16. The van der Waals surface area contributed by atoms with E-state index in [-0.39, 0.29) is 23.8 Å². The molecule has 2 aromatic rings. The Morgan fingerprint density at radius 2 is 1.74 bits per heavy atom. The molecular formula is C17H18F5N3O2. The largest absolute Gasteiger partial charge is 0.490 e. The van der Waals surface area contributed by atoms with Crippen molar-refractivity contribution in [3.05, 3.63) is 23.7 Å². The molecule has 2 aliphatic carbocycles. The number of rotatable bonds is 4. The van der Waals surface area contributed by atoms with Crippen LogP contribution in [0.25, 0.3) is 5.65 Å². The average Bonchev–Trinajstić information content (AvgIpc) is 3.04. The van der Waals surface area contributed by atoms with Gasteiger partial charge in [-0.05, 0) is 31.7 Å². The van der Waals surface area contributed by atoms with Gasteiger partial charge in [-0.2, -0.15) is 13.2 Å². The number of hydrogen-bond acceptors (Lipinski definition) is 4. The number of pyridine rings is 1. The summed E-state index contributed by atoms with van der Waals surface area (Å²) >= 11 is 0. The first kappa shape index (κ1) is 18.4. The second-order valence-corrected chi connectivity index (χ2v) is 7.07. The summed E-state index contributed by atoms with van der Waals surface area (Å²) in [6.07, 6.45) is -1.63. The fraction of sp³-hybridized carbons (Fsp3) is 0.647. The van der Waals surface area contributed by atoms with E-state index in [1.165, 1.54) is 6.20 Å². The average molecular weight is 391 g/mol. The fourth-order valence-corrected chi connectivity index (χ4v) is 3.62. The molecule has 0 aliphatic heterocycles. The molecule has 4 rings (SSSR count). The summed E-state index contributed by atoms with van der Waals surface area (Å²) in [6.45, 7) is 0. The van der Waals surface area contributed by atoms with Crippen LogP contribution in [0.15, 0.2) is 12.3 Å². The molecule has 0 unspecified atom stereocenters. The van der Waals surface area contributed by atoms with E-state index in [9.17, 15) is 22.0 Å². The number of fused-ring (bicyclic) bond motifs is 1. The van der Waals surface area contributed by atoms with Gasteiger partial charge in [-0.3, -0.25) is 4.40 Å². The zero-order valence-electron chi connectivity index (χ0n) is 14.5. The number of aromatic nitrogens is 3. The molecule has 27 heavy (non-hydrogen) atoms. The maximum Gasteiger partial charge on any atom is 0.423 e. The van der Waals surface area contributed by atoms with Gasteiger partial charge in [-0.15, -0.1) is 10.2 Å². The highest BCUT2D eigenvalue weighted by atomic mass is 19.4. The van der Waals surface area contributed by atoms with Crippen LogP contribution in [0.2, 0.25) is 0 Å². The van der Waals surface area contributed by atoms with Crippen LogP contribution in [0.4, 0.5) is 22.0 Å². The van der Waals surface area contributed by atoms with Crippen molar-refractivity contribution < 1.29 is 31.4 Å². The smallest absolute Gasteiger partial charge is 0.423 e. The minimum absolute atomic E-state index is 0.0914. The highest BCUT2D eigenvalue weighted by molar-refractivity contribution is 5.57. The Kier molecular flexibility index (Phi) is 4.28. The van der Waals surface area contributed by atoms with E-state index in [0.717, 1.165) is 10.5 Å². The molecule has 1 atom stereocenters. The van der Waals surface area contributed by atoms with Crippen LogP contribution >= 0.6 is 0 Å². The van der Waals surface area contributed by atoms with E-state index < -0.39 is 35.6 Å². The highest BCUT2D eigenvalue weighted by Gasteiger charge is 2.60. The van der Waals surface area contributed by atoms with Gasteiger partial charge in [0, 0.05) is 19.7 Å². The molecule has 0 bridgehead atoms. The van der Waals surface area contributed by atoms with Crippen LogP contribution in [-0.2, 0) is 10.9 Å². The van der Waals surface area contributed by atoms with Gasteiger partial charge in [0.1, 0.15) is 17.1 Å². The molecule has 0 N–H and O–H groups in total. The standard InChI is InChI=1S/C17H18F5N3O2/c1-26-9-2-4-10(5-3-9)27-12-6-7-25-14(11-8-16(11,18)19)23-24-15(25)13(12)17(20,21)22/h6-7,9-11H,2-5,8H2,1H3/t9?,10?,11-/m0/s1. The summed E-state index contributed by atoms with van der Waals surface area (Å²) < 4.78 is 79.6. The van der Waals surface area contributed by atoms with E-state index in [1.807, 2.05) is 0 Å². The van der Waals surface area contributed by atoms with Gasteiger partial charge in [0.15, 0.2) is 5.65 Å². The highest BCUT2D eigenvalue weighted by Crippen LogP contribution is 2.55. The second-order valence-electron chi connectivity index (χ2n) is 7.07. The Balaban J connectivity index is 1.67. The minimum atomic E-state index is -4.75. The molecule has 0 spiro atoms. The number of ether oxygens (including phenoxy) is 2. The third-order valence-corrected chi connectivity index (χ3v) is 5.24. The molecule has 10 heteroatoms. The van der Waals surface area contributed by atoms with Crippen LogP contribution in [0.3, 0.4) is 0 Å². The van der Waals surface area contributed by atoms with Crippen molar-refractivity contribution in [2.75, 3.05) is 7.11 Å². The lowest BCUT2D eigenvalue weighted by Gasteiger charge is -2.29. The van der Waals surface area contributed by atoms with Crippen molar-refractivity contribution in [1.29, 1.82) is 0 Å². The van der Waals surface area contributed by atoms with E-state index in [1.54, 1.807) is 7.11 Å². The summed E-state index contributed by atoms with van der Waals surface area (Å²) in [7, 11) is 1.60. The number of hydrogen-bond donors (Lipinski definition) is 0. The van der Waals surface area contributed by atoms with Crippen LogP contribution in [0.5, 0.6) is 5.75 Å². The first-order valence-corrected chi connectivity index (χ1v) is 8.73. The molecule has 2 aliphatic rings.